The Kier molecular flexibility index (Phi) is 3.52. The molecule has 1 aliphatic carbocycles. The Bertz CT molecular complexity index is 403. The fourth-order valence-electron chi connectivity index (χ4n) is 2.31. The van der Waals surface area contributed by atoms with Crippen molar-refractivity contribution in [3.05, 3.63) is 22.4 Å². The first-order valence-electron chi connectivity index (χ1n) is 6.51. The Morgan fingerprint density at radius 2 is 2.39 bits per heavy atom. The highest BCUT2D eigenvalue weighted by Gasteiger charge is 2.30. The summed E-state index contributed by atoms with van der Waals surface area (Å²) >= 11 is 1.81. The summed E-state index contributed by atoms with van der Waals surface area (Å²) in [5.74, 6) is 0. The van der Waals surface area contributed by atoms with E-state index in [9.17, 15) is 4.79 Å². The van der Waals surface area contributed by atoms with Gasteiger partial charge in [-0.05, 0) is 24.3 Å². The molecule has 0 N–H and O–H groups in total. The highest BCUT2D eigenvalue weighted by atomic mass is 32.1. The molecule has 0 unspecified atom stereocenters. The van der Waals surface area contributed by atoms with Crippen LogP contribution >= 0.6 is 11.3 Å². The van der Waals surface area contributed by atoms with Gasteiger partial charge in [0.05, 0.1) is 6.54 Å². The van der Waals surface area contributed by atoms with Crippen LogP contribution in [0.25, 0.3) is 0 Å². The molecule has 0 spiro atoms. The van der Waals surface area contributed by atoms with Gasteiger partial charge in [0.1, 0.15) is 6.61 Å². The van der Waals surface area contributed by atoms with E-state index in [0.717, 1.165) is 32.2 Å². The molecule has 5 heteroatoms. The minimum Gasteiger partial charge on any atom is -0.448 e. The van der Waals surface area contributed by atoms with Crippen molar-refractivity contribution in [3.63, 3.8) is 0 Å². The summed E-state index contributed by atoms with van der Waals surface area (Å²) in [4.78, 5) is 17.1. The summed E-state index contributed by atoms with van der Waals surface area (Å²) in [5.41, 5.74) is 0. The van der Waals surface area contributed by atoms with E-state index in [-0.39, 0.29) is 6.09 Å². The fraction of sp³-hybridized carbons (Fsp3) is 0.615. The molecule has 1 aromatic rings. The smallest absolute Gasteiger partial charge is 0.409 e. The quantitative estimate of drug-likeness (QED) is 0.791. The Morgan fingerprint density at radius 1 is 1.50 bits per heavy atom. The van der Waals surface area contributed by atoms with Crippen molar-refractivity contribution < 1.29 is 9.53 Å². The number of carbonyl (C=O) groups is 1. The van der Waals surface area contributed by atoms with E-state index >= 15 is 0 Å². The molecule has 1 aliphatic heterocycles. The van der Waals surface area contributed by atoms with E-state index in [4.69, 9.17) is 4.74 Å². The summed E-state index contributed by atoms with van der Waals surface area (Å²) in [6.45, 7) is 4.06. The summed E-state index contributed by atoms with van der Waals surface area (Å²) in [5, 5.41) is 2.12. The number of amides is 1. The summed E-state index contributed by atoms with van der Waals surface area (Å²) in [7, 11) is 0. The molecule has 2 heterocycles. The molecule has 4 nitrogen and oxygen atoms in total. The second-order valence-electron chi connectivity index (χ2n) is 4.88. The Hall–Kier alpha value is -1.07. The maximum atomic E-state index is 11.4. The van der Waals surface area contributed by atoms with Crippen LogP contribution < -0.4 is 0 Å². The van der Waals surface area contributed by atoms with Gasteiger partial charge in [0.15, 0.2) is 0 Å². The van der Waals surface area contributed by atoms with Crippen molar-refractivity contribution in [3.8, 4) is 0 Å². The third-order valence-electron chi connectivity index (χ3n) is 3.50. The molecule has 2 aliphatic rings. The SMILES string of the molecule is O=C1OCCN1CCN(Cc1cccs1)C1CC1. The lowest BCUT2D eigenvalue weighted by Gasteiger charge is -2.23. The molecule has 1 saturated carbocycles. The predicted molar refractivity (Wildman–Crippen MR) is 70.7 cm³/mol. The Labute approximate surface area is 111 Å². The maximum absolute atomic E-state index is 11.4. The van der Waals surface area contributed by atoms with Crippen molar-refractivity contribution in [2.45, 2.75) is 25.4 Å². The third-order valence-corrected chi connectivity index (χ3v) is 4.37. The Balaban J connectivity index is 1.52. The third kappa shape index (κ3) is 2.84. The molecule has 1 saturated heterocycles. The van der Waals surface area contributed by atoms with Crippen molar-refractivity contribution in [2.24, 2.45) is 0 Å². The minimum absolute atomic E-state index is 0.151. The van der Waals surface area contributed by atoms with E-state index in [2.05, 4.69) is 22.4 Å². The molecule has 0 bridgehead atoms. The first-order valence-corrected chi connectivity index (χ1v) is 7.39. The molecule has 0 aromatic carbocycles. The molecule has 2 fully saturated rings. The van der Waals surface area contributed by atoms with Gasteiger partial charge in [0, 0.05) is 30.6 Å². The Morgan fingerprint density at radius 3 is 3.00 bits per heavy atom. The monoisotopic (exact) mass is 266 g/mol. The number of ether oxygens (including phenoxy) is 1. The van der Waals surface area contributed by atoms with Crippen LogP contribution in [-0.4, -0.2) is 48.2 Å². The summed E-state index contributed by atoms with van der Waals surface area (Å²) < 4.78 is 4.95. The first-order chi connectivity index (χ1) is 8.83. The van der Waals surface area contributed by atoms with Crippen molar-refractivity contribution in [1.29, 1.82) is 0 Å². The largest absolute Gasteiger partial charge is 0.448 e. The van der Waals surface area contributed by atoms with E-state index in [0.29, 0.717) is 6.61 Å². The standard InChI is InChI=1S/C13H18N2O2S/c16-13-14(7-8-17-13)5-6-15(11-3-4-11)10-12-2-1-9-18-12/h1-2,9,11H,3-8,10H2. The van der Waals surface area contributed by atoms with Crippen molar-refractivity contribution in [2.75, 3.05) is 26.2 Å². The van der Waals surface area contributed by atoms with Crippen LogP contribution in [0.1, 0.15) is 17.7 Å². The van der Waals surface area contributed by atoms with Crippen LogP contribution in [0, 0.1) is 0 Å². The second-order valence-corrected chi connectivity index (χ2v) is 5.91. The van der Waals surface area contributed by atoms with Gasteiger partial charge in [0.2, 0.25) is 0 Å². The number of hydrogen-bond acceptors (Lipinski definition) is 4. The number of thiophene rings is 1. The van der Waals surface area contributed by atoms with Gasteiger partial charge < -0.3 is 9.64 Å². The molecule has 1 amide bonds. The van der Waals surface area contributed by atoms with E-state index in [1.165, 1.54) is 17.7 Å². The summed E-state index contributed by atoms with van der Waals surface area (Å²) in [6.07, 6.45) is 2.45. The number of rotatable bonds is 6. The molecule has 18 heavy (non-hydrogen) atoms. The molecule has 1 aromatic heterocycles. The van der Waals surface area contributed by atoms with Gasteiger partial charge in [-0.25, -0.2) is 4.79 Å². The zero-order chi connectivity index (χ0) is 12.4. The van der Waals surface area contributed by atoms with Crippen LogP contribution in [0.5, 0.6) is 0 Å². The molecular formula is C13H18N2O2S. The number of nitrogens with zero attached hydrogens (tertiary/aromatic N) is 2. The van der Waals surface area contributed by atoms with E-state index < -0.39 is 0 Å². The van der Waals surface area contributed by atoms with Gasteiger partial charge >= 0.3 is 6.09 Å². The van der Waals surface area contributed by atoms with E-state index in [1.54, 1.807) is 0 Å². The van der Waals surface area contributed by atoms with Crippen LogP contribution in [-0.2, 0) is 11.3 Å². The molecule has 0 atom stereocenters. The normalized spacial score (nSPS) is 19.6. The zero-order valence-corrected chi connectivity index (χ0v) is 11.2. The van der Waals surface area contributed by atoms with Crippen LogP contribution in [0.3, 0.4) is 0 Å². The lowest BCUT2D eigenvalue weighted by atomic mass is 10.3. The molecule has 98 valence electrons. The van der Waals surface area contributed by atoms with Crippen LogP contribution in [0.15, 0.2) is 17.5 Å². The first kappa shape index (κ1) is 12.0. The van der Waals surface area contributed by atoms with Gasteiger partial charge in [-0.2, -0.15) is 0 Å². The van der Waals surface area contributed by atoms with Crippen molar-refractivity contribution >= 4 is 17.4 Å². The second kappa shape index (κ2) is 5.28. The van der Waals surface area contributed by atoms with E-state index in [1.807, 2.05) is 16.2 Å². The zero-order valence-electron chi connectivity index (χ0n) is 10.4. The number of cyclic esters (lactones) is 1. The number of carbonyl (C=O) groups excluding carboxylic acids is 1. The lowest BCUT2D eigenvalue weighted by molar-refractivity contribution is 0.152. The molecule has 3 rings (SSSR count). The lowest BCUT2D eigenvalue weighted by Crippen LogP contribution is -2.36. The van der Waals surface area contributed by atoms with Gasteiger partial charge in [0.25, 0.3) is 0 Å². The summed E-state index contributed by atoms with van der Waals surface area (Å²) in [6, 6.07) is 5.01. The fourth-order valence-corrected chi connectivity index (χ4v) is 3.04. The minimum atomic E-state index is -0.151. The molecular weight excluding hydrogens is 248 g/mol. The topological polar surface area (TPSA) is 32.8 Å². The highest BCUT2D eigenvalue weighted by Crippen LogP contribution is 2.29. The molecule has 0 radical (unpaired) electrons. The van der Waals surface area contributed by atoms with Gasteiger partial charge in [-0.15, -0.1) is 11.3 Å². The van der Waals surface area contributed by atoms with Crippen molar-refractivity contribution in [1.82, 2.24) is 9.80 Å². The van der Waals surface area contributed by atoms with Crippen LogP contribution in [0.4, 0.5) is 4.79 Å². The predicted octanol–water partition coefficient (Wildman–Crippen LogP) is 2.16. The highest BCUT2D eigenvalue weighted by molar-refractivity contribution is 7.09. The van der Waals surface area contributed by atoms with Gasteiger partial charge in [-0.3, -0.25) is 4.90 Å². The average Bonchev–Trinajstić information content (AvgIpc) is 2.93. The average molecular weight is 266 g/mol. The van der Waals surface area contributed by atoms with Crippen LogP contribution in [0.2, 0.25) is 0 Å². The van der Waals surface area contributed by atoms with Gasteiger partial charge in [-0.1, -0.05) is 6.07 Å². The maximum Gasteiger partial charge on any atom is 0.409 e. The number of hydrogen-bond donors (Lipinski definition) is 0.